The second-order valence-electron chi connectivity index (χ2n) is 9.83. The summed E-state index contributed by atoms with van der Waals surface area (Å²) in [5, 5.41) is 15.9. The third-order valence-electron chi connectivity index (χ3n) is 7.41. The number of hydrogen-bond donors (Lipinski definition) is 1. The molecule has 0 fully saturated rings. The van der Waals surface area contributed by atoms with Crippen molar-refractivity contribution in [3.63, 3.8) is 0 Å². The van der Waals surface area contributed by atoms with E-state index in [1.165, 1.54) is 10.8 Å². The van der Waals surface area contributed by atoms with Crippen molar-refractivity contribution in [1.82, 2.24) is 4.57 Å². The topological polar surface area (TPSA) is 40.8 Å². The Bertz CT molecular complexity index is 1990. The number of fused-ring (bicyclic) bond motifs is 3. The third-order valence-corrected chi connectivity index (χ3v) is 7.41. The van der Waals surface area contributed by atoms with E-state index in [0.29, 0.717) is 5.56 Å². The van der Waals surface area contributed by atoms with Gasteiger partial charge in [-0.2, -0.15) is 5.26 Å². The largest absolute Gasteiger partial charge is 0.355 e. The highest BCUT2D eigenvalue weighted by Crippen LogP contribution is 2.38. The Morgan fingerprint density at radius 2 is 1.18 bits per heavy atom. The molecule has 1 N–H and O–H groups in total. The number of benzene rings is 6. The zero-order chi connectivity index (χ0) is 26.9. The van der Waals surface area contributed by atoms with Crippen molar-refractivity contribution in [2.24, 2.45) is 0 Å². The fourth-order valence-corrected chi connectivity index (χ4v) is 5.60. The van der Waals surface area contributed by atoms with Gasteiger partial charge in [0.05, 0.1) is 28.4 Å². The van der Waals surface area contributed by atoms with E-state index in [0.717, 1.165) is 50.3 Å². The molecule has 7 rings (SSSR count). The van der Waals surface area contributed by atoms with Gasteiger partial charge in [0.2, 0.25) is 0 Å². The monoisotopic (exact) mass is 511 g/mol. The highest BCUT2D eigenvalue weighted by molar-refractivity contribution is 6.09. The molecule has 0 atom stereocenters. The van der Waals surface area contributed by atoms with Crippen LogP contribution in [-0.4, -0.2) is 4.57 Å². The minimum absolute atomic E-state index is 0.632. The van der Waals surface area contributed by atoms with Crippen molar-refractivity contribution < 1.29 is 0 Å². The molecule has 40 heavy (non-hydrogen) atoms. The van der Waals surface area contributed by atoms with Gasteiger partial charge in [0.15, 0.2) is 0 Å². The summed E-state index contributed by atoms with van der Waals surface area (Å²) in [5.41, 5.74) is 10.3. The van der Waals surface area contributed by atoms with Gasteiger partial charge in [-0.3, -0.25) is 0 Å². The average molecular weight is 512 g/mol. The second kappa shape index (κ2) is 9.94. The molecule has 1 heterocycles. The minimum atomic E-state index is 0.632. The summed E-state index contributed by atoms with van der Waals surface area (Å²) in [6.07, 6.45) is 0. The van der Waals surface area contributed by atoms with Crippen LogP contribution in [0.5, 0.6) is 0 Å². The third kappa shape index (κ3) is 4.09. The predicted octanol–water partition coefficient (Wildman–Crippen LogP) is 9.73. The maximum absolute atomic E-state index is 9.79. The van der Waals surface area contributed by atoms with E-state index < -0.39 is 0 Å². The molecule has 0 unspecified atom stereocenters. The van der Waals surface area contributed by atoms with Crippen molar-refractivity contribution >= 4 is 33.2 Å². The van der Waals surface area contributed by atoms with Gasteiger partial charge in [0, 0.05) is 33.3 Å². The summed E-state index contributed by atoms with van der Waals surface area (Å²) in [6.45, 7) is 0. The lowest BCUT2D eigenvalue weighted by Crippen LogP contribution is -1.99. The van der Waals surface area contributed by atoms with Gasteiger partial charge in [-0.15, -0.1) is 0 Å². The minimum Gasteiger partial charge on any atom is -0.355 e. The molecule has 7 aromatic rings. The zero-order valence-corrected chi connectivity index (χ0v) is 21.8. The summed E-state index contributed by atoms with van der Waals surface area (Å²) < 4.78 is 2.31. The lowest BCUT2D eigenvalue weighted by Gasteiger charge is -2.16. The normalized spacial score (nSPS) is 11.0. The first-order valence-electron chi connectivity index (χ1n) is 13.3. The van der Waals surface area contributed by atoms with E-state index >= 15 is 0 Å². The van der Waals surface area contributed by atoms with E-state index in [9.17, 15) is 5.26 Å². The second-order valence-corrected chi connectivity index (χ2v) is 9.83. The van der Waals surface area contributed by atoms with Gasteiger partial charge < -0.3 is 9.88 Å². The maximum Gasteiger partial charge on any atom is 0.0991 e. The van der Waals surface area contributed by atoms with Crippen molar-refractivity contribution in [3.05, 3.63) is 151 Å². The van der Waals surface area contributed by atoms with Crippen LogP contribution in [0, 0.1) is 11.3 Å². The summed E-state index contributed by atoms with van der Waals surface area (Å²) in [7, 11) is 0. The van der Waals surface area contributed by atoms with E-state index in [4.69, 9.17) is 0 Å². The van der Waals surface area contributed by atoms with E-state index in [1.807, 2.05) is 18.2 Å². The average Bonchev–Trinajstić information content (AvgIpc) is 3.36. The Labute approximate surface area is 233 Å². The molecule has 0 aliphatic carbocycles. The number of anilines is 2. The molecule has 3 nitrogen and oxygen atoms in total. The molecule has 0 aliphatic rings. The standard InChI is InChI=1S/C37H25N3/c38-25-26-21-22-37(40-35-19-8-5-16-31(35)32-17-6-9-20-36(32)40)33(23-26)28-13-10-14-29(24-28)39-34-18-7-4-15-30(34)27-11-2-1-3-12-27/h1-24,39H. The number of aromatic nitrogens is 1. The molecule has 188 valence electrons. The van der Waals surface area contributed by atoms with Gasteiger partial charge >= 0.3 is 0 Å². The van der Waals surface area contributed by atoms with Gasteiger partial charge in [-0.05, 0) is 59.7 Å². The molecular formula is C37H25N3. The molecule has 0 saturated carbocycles. The highest BCUT2D eigenvalue weighted by atomic mass is 15.0. The fourth-order valence-electron chi connectivity index (χ4n) is 5.60. The van der Waals surface area contributed by atoms with Gasteiger partial charge in [0.25, 0.3) is 0 Å². The molecule has 1 aromatic heterocycles. The lowest BCUT2D eigenvalue weighted by molar-refractivity contribution is 1.18. The van der Waals surface area contributed by atoms with Crippen LogP contribution in [0.3, 0.4) is 0 Å². The van der Waals surface area contributed by atoms with Crippen LogP contribution < -0.4 is 5.32 Å². The van der Waals surface area contributed by atoms with Crippen LogP contribution in [-0.2, 0) is 0 Å². The van der Waals surface area contributed by atoms with Crippen LogP contribution in [0.2, 0.25) is 0 Å². The lowest BCUT2D eigenvalue weighted by atomic mass is 9.99. The van der Waals surface area contributed by atoms with Crippen LogP contribution in [0.1, 0.15) is 5.56 Å². The van der Waals surface area contributed by atoms with Gasteiger partial charge in [-0.1, -0.05) is 97.1 Å². The van der Waals surface area contributed by atoms with E-state index in [1.54, 1.807) is 0 Å². The van der Waals surface area contributed by atoms with E-state index in [-0.39, 0.29) is 0 Å². The van der Waals surface area contributed by atoms with Gasteiger partial charge in [0.1, 0.15) is 0 Å². The molecule has 0 radical (unpaired) electrons. The summed E-state index contributed by atoms with van der Waals surface area (Å²) in [5.74, 6) is 0. The molecular weight excluding hydrogens is 486 g/mol. The Hall–Kier alpha value is -5.59. The van der Waals surface area contributed by atoms with Crippen LogP contribution in [0.15, 0.2) is 146 Å². The number of nitriles is 1. The number of hydrogen-bond acceptors (Lipinski definition) is 2. The Morgan fingerprint density at radius 3 is 1.93 bits per heavy atom. The summed E-state index contributed by atoms with van der Waals surface area (Å²) in [4.78, 5) is 0. The quantitative estimate of drug-likeness (QED) is 0.250. The maximum atomic E-state index is 9.79. The zero-order valence-electron chi connectivity index (χ0n) is 21.8. The summed E-state index contributed by atoms with van der Waals surface area (Å²) in [6, 6.07) is 52.5. The Kier molecular flexibility index (Phi) is 5.85. The molecule has 0 aliphatic heterocycles. The summed E-state index contributed by atoms with van der Waals surface area (Å²) >= 11 is 0. The fraction of sp³-hybridized carbons (Fsp3) is 0. The first-order chi connectivity index (χ1) is 19.8. The SMILES string of the molecule is N#Cc1ccc(-n2c3ccccc3c3ccccc32)c(-c2cccc(Nc3ccccc3-c3ccccc3)c2)c1. The van der Waals surface area contributed by atoms with Crippen molar-refractivity contribution in [3.8, 4) is 34.0 Å². The Morgan fingerprint density at radius 1 is 0.525 bits per heavy atom. The molecule has 3 heteroatoms. The molecule has 0 amide bonds. The molecule has 0 saturated heterocycles. The first-order valence-corrected chi connectivity index (χ1v) is 13.3. The van der Waals surface area contributed by atoms with Crippen molar-refractivity contribution in [1.29, 1.82) is 5.26 Å². The number of rotatable bonds is 5. The van der Waals surface area contributed by atoms with Gasteiger partial charge in [-0.25, -0.2) is 0 Å². The van der Waals surface area contributed by atoms with Crippen molar-refractivity contribution in [2.45, 2.75) is 0 Å². The number of nitrogens with one attached hydrogen (secondary N) is 1. The van der Waals surface area contributed by atoms with Crippen LogP contribution in [0.4, 0.5) is 11.4 Å². The molecule has 6 aromatic carbocycles. The number of para-hydroxylation sites is 3. The Balaban J connectivity index is 1.38. The van der Waals surface area contributed by atoms with Crippen LogP contribution in [0.25, 0.3) is 49.7 Å². The van der Waals surface area contributed by atoms with E-state index in [2.05, 4.69) is 143 Å². The first kappa shape index (κ1) is 23.5. The smallest absolute Gasteiger partial charge is 0.0991 e. The highest BCUT2D eigenvalue weighted by Gasteiger charge is 2.16. The van der Waals surface area contributed by atoms with Crippen molar-refractivity contribution in [2.75, 3.05) is 5.32 Å². The molecule has 0 bridgehead atoms. The molecule has 0 spiro atoms. The predicted molar refractivity (Wildman–Crippen MR) is 166 cm³/mol. The number of nitrogens with zero attached hydrogens (tertiary/aromatic N) is 2. The van der Waals surface area contributed by atoms with Crippen LogP contribution >= 0.6 is 0 Å².